The van der Waals surface area contributed by atoms with Crippen LogP contribution in [-0.2, 0) is 0 Å². The lowest BCUT2D eigenvalue weighted by atomic mass is 10.0. The van der Waals surface area contributed by atoms with Crippen LogP contribution in [-0.4, -0.2) is 37.1 Å². The third kappa shape index (κ3) is 2.18. The molecule has 0 aromatic heterocycles. The number of halogens is 1. The molecule has 0 unspecified atom stereocenters. The van der Waals surface area contributed by atoms with Crippen LogP contribution in [0.25, 0.3) is 0 Å². The van der Waals surface area contributed by atoms with Crippen molar-refractivity contribution in [2.24, 2.45) is 11.8 Å². The van der Waals surface area contributed by atoms with E-state index in [9.17, 15) is 4.79 Å². The summed E-state index contributed by atoms with van der Waals surface area (Å²) in [5.74, 6) is 1.23. The Bertz CT molecular complexity index is 453. The number of amides is 2. The Balaban J connectivity index is 1.64. The molecule has 0 bridgehead atoms. The second kappa shape index (κ2) is 4.78. The van der Waals surface area contributed by atoms with Gasteiger partial charge in [0.25, 0.3) is 0 Å². The summed E-state index contributed by atoms with van der Waals surface area (Å²) < 4.78 is 0. The number of carbonyl (C=O) groups excluding carboxylic acids is 1. The SMILES string of the molecule is O=C(Nc1ccccc1Cl)N1C[C@H]2CNC[C@H]2C1. The van der Waals surface area contributed by atoms with Crippen molar-refractivity contribution in [1.82, 2.24) is 10.2 Å². The second-order valence-corrected chi connectivity index (χ2v) is 5.40. The number of nitrogens with zero attached hydrogens (tertiary/aromatic N) is 1. The van der Waals surface area contributed by atoms with Gasteiger partial charge in [-0.3, -0.25) is 0 Å². The lowest BCUT2D eigenvalue weighted by molar-refractivity contribution is 0.219. The first-order valence-corrected chi connectivity index (χ1v) is 6.63. The van der Waals surface area contributed by atoms with E-state index in [2.05, 4.69) is 10.6 Å². The van der Waals surface area contributed by atoms with E-state index in [1.54, 1.807) is 6.07 Å². The molecule has 96 valence electrons. The van der Waals surface area contributed by atoms with Gasteiger partial charge in [0, 0.05) is 26.2 Å². The monoisotopic (exact) mass is 265 g/mol. The van der Waals surface area contributed by atoms with Crippen LogP contribution >= 0.6 is 11.6 Å². The minimum absolute atomic E-state index is 0.0440. The highest BCUT2D eigenvalue weighted by atomic mass is 35.5. The minimum atomic E-state index is -0.0440. The van der Waals surface area contributed by atoms with Crippen LogP contribution < -0.4 is 10.6 Å². The van der Waals surface area contributed by atoms with Gasteiger partial charge in [0.2, 0.25) is 0 Å². The van der Waals surface area contributed by atoms with Crippen molar-refractivity contribution in [3.63, 3.8) is 0 Å². The van der Waals surface area contributed by atoms with Crippen molar-refractivity contribution in [3.8, 4) is 0 Å². The highest BCUT2D eigenvalue weighted by Crippen LogP contribution is 2.27. The number of likely N-dealkylation sites (tertiary alicyclic amines) is 1. The van der Waals surface area contributed by atoms with Crippen molar-refractivity contribution in [2.45, 2.75) is 0 Å². The van der Waals surface area contributed by atoms with Gasteiger partial charge in [-0.1, -0.05) is 23.7 Å². The summed E-state index contributed by atoms with van der Waals surface area (Å²) in [6, 6.07) is 7.27. The molecule has 1 aromatic carbocycles. The van der Waals surface area contributed by atoms with Gasteiger partial charge < -0.3 is 15.5 Å². The maximum absolute atomic E-state index is 12.1. The number of para-hydroxylation sites is 1. The van der Waals surface area contributed by atoms with E-state index in [1.165, 1.54) is 0 Å². The third-order valence-electron chi connectivity index (χ3n) is 3.79. The Hall–Kier alpha value is -1.26. The van der Waals surface area contributed by atoms with Crippen molar-refractivity contribution in [3.05, 3.63) is 29.3 Å². The number of anilines is 1. The van der Waals surface area contributed by atoms with E-state index in [0.29, 0.717) is 22.5 Å². The summed E-state index contributed by atoms with van der Waals surface area (Å²) >= 11 is 6.03. The molecular formula is C13H16ClN3O. The smallest absolute Gasteiger partial charge is 0.321 e. The summed E-state index contributed by atoms with van der Waals surface area (Å²) in [6.07, 6.45) is 0. The third-order valence-corrected chi connectivity index (χ3v) is 4.12. The molecule has 2 aliphatic heterocycles. The molecule has 0 aliphatic carbocycles. The highest BCUT2D eigenvalue weighted by Gasteiger charge is 2.38. The van der Waals surface area contributed by atoms with Gasteiger partial charge in [0.15, 0.2) is 0 Å². The Kier molecular flexibility index (Phi) is 3.14. The highest BCUT2D eigenvalue weighted by molar-refractivity contribution is 6.33. The van der Waals surface area contributed by atoms with Gasteiger partial charge in [-0.15, -0.1) is 0 Å². The summed E-state index contributed by atoms with van der Waals surface area (Å²) in [4.78, 5) is 14.0. The molecule has 2 fully saturated rings. The average Bonchev–Trinajstić information content (AvgIpc) is 2.92. The number of hydrogen-bond donors (Lipinski definition) is 2. The molecular weight excluding hydrogens is 250 g/mol. The molecule has 2 N–H and O–H groups in total. The summed E-state index contributed by atoms with van der Waals surface area (Å²) in [5.41, 5.74) is 0.680. The quantitative estimate of drug-likeness (QED) is 0.816. The van der Waals surface area contributed by atoms with Crippen molar-refractivity contribution in [1.29, 1.82) is 0 Å². The van der Waals surface area contributed by atoms with Gasteiger partial charge in [-0.25, -0.2) is 4.79 Å². The molecule has 2 saturated heterocycles. The van der Waals surface area contributed by atoms with Crippen LogP contribution in [0.4, 0.5) is 10.5 Å². The van der Waals surface area contributed by atoms with Crippen LogP contribution in [0, 0.1) is 11.8 Å². The fourth-order valence-electron chi connectivity index (χ4n) is 2.78. The maximum Gasteiger partial charge on any atom is 0.321 e. The fraction of sp³-hybridized carbons (Fsp3) is 0.462. The fourth-order valence-corrected chi connectivity index (χ4v) is 2.96. The van der Waals surface area contributed by atoms with Gasteiger partial charge in [-0.2, -0.15) is 0 Å². The van der Waals surface area contributed by atoms with Gasteiger partial charge in [-0.05, 0) is 24.0 Å². The van der Waals surface area contributed by atoms with Crippen LogP contribution in [0.5, 0.6) is 0 Å². The molecule has 3 rings (SSSR count). The van der Waals surface area contributed by atoms with Crippen LogP contribution in [0.1, 0.15) is 0 Å². The standard InChI is InChI=1S/C13H16ClN3O/c14-11-3-1-2-4-12(11)16-13(18)17-7-9-5-15-6-10(9)8-17/h1-4,9-10,15H,5-8H2,(H,16,18)/t9-,10+. The zero-order valence-electron chi connectivity index (χ0n) is 10.0. The summed E-state index contributed by atoms with van der Waals surface area (Å²) in [7, 11) is 0. The van der Waals surface area contributed by atoms with E-state index >= 15 is 0 Å². The molecule has 0 spiro atoms. The minimum Gasteiger partial charge on any atom is -0.324 e. The summed E-state index contributed by atoms with van der Waals surface area (Å²) in [6.45, 7) is 3.74. The maximum atomic E-state index is 12.1. The van der Waals surface area contributed by atoms with Gasteiger partial charge >= 0.3 is 6.03 Å². The van der Waals surface area contributed by atoms with Crippen molar-refractivity contribution >= 4 is 23.3 Å². The van der Waals surface area contributed by atoms with Gasteiger partial charge in [0.1, 0.15) is 0 Å². The van der Waals surface area contributed by atoms with E-state index < -0.39 is 0 Å². The molecule has 2 aliphatic rings. The lowest BCUT2D eigenvalue weighted by Crippen LogP contribution is -2.35. The Morgan fingerprint density at radius 2 is 1.94 bits per heavy atom. The first kappa shape index (κ1) is 11.8. The molecule has 2 heterocycles. The first-order chi connectivity index (χ1) is 8.74. The number of rotatable bonds is 1. The molecule has 2 atom stereocenters. The van der Waals surface area contributed by atoms with Crippen LogP contribution in [0.2, 0.25) is 5.02 Å². The zero-order chi connectivity index (χ0) is 12.5. The zero-order valence-corrected chi connectivity index (χ0v) is 10.8. The number of fused-ring (bicyclic) bond motifs is 1. The molecule has 5 heteroatoms. The Morgan fingerprint density at radius 1 is 1.28 bits per heavy atom. The Labute approximate surface area is 111 Å². The number of carbonyl (C=O) groups is 1. The lowest BCUT2D eigenvalue weighted by Gasteiger charge is -2.18. The number of urea groups is 1. The van der Waals surface area contributed by atoms with E-state index in [1.807, 2.05) is 23.1 Å². The topological polar surface area (TPSA) is 44.4 Å². The number of hydrogen-bond acceptors (Lipinski definition) is 2. The molecule has 2 amide bonds. The van der Waals surface area contributed by atoms with E-state index in [4.69, 9.17) is 11.6 Å². The van der Waals surface area contributed by atoms with Gasteiger partial charge in [0.05, 0.1) is 10.7 Å². The second-order valence-electron chi connectivity index (χ2n) is 4.99. The number of benzene rings is 1. The van der Waals surface area contributed by atoms with E-state index in [-0.39, 0.29) is 6.03 Å². The molecule has 4 nitrogen and oxygen atoms in total. The predicted octanol–water partition coefficient (Wildman–Crippen LogP) is 2.02. The average molecular weight is 266 g/mol. The molecule has 18 heavy (non-hydrogen) atoms. The van der Waals surface area contributed by atoms with Crippen LogP contribution in [0.3, 0.4) is 0 Å². The van der Waals surface area contributed by atoms with Crippen molar-refractivity contribution < 1.29 is 4.79 Å². The molecule has 1 aromatic rings. The van der Waals surface area contributed by atoms with Crippen molar-refractivity contribution in [2.75, 3.05) is 31.5 Å². The largest absolute Gasteiger partial charge is 0.324 e. The van der Waals surface area contributed by atoms with Crippen LogP contribution in [0.15, 0.2) is 24.3 Å². The number of nitrogens with one attached hydrogen (secondary N) is 2. The first-order valence-electron chi connectivity index (χ1n) is 6.25. The normalized spacial score (nSPS) is 26.2. The molecule has 0 radical (unpaired) electrons. The predicted molar refractivity (Wildman–Crippen MR) is 71.9 cm³/mol. The summed E-state index contributed by atoms with van der Waals surface area (Å²) in [5, 5.41) is 6.81. The molecule has 0 saturated carbocycles. The van der Waals surface area contributed by atoms with E-state index in [0.717, 1.165) is 26.2 Å². The Morgan fingerprint density at radius 3 is 2.61 bits per heavy atom.